The zero-order valence-electron chi connectivity index (χ0n) is 11.7. The van der Waals surface area contributed by atoms with Crippen LogP contribution in [-0.4, -0.2) is 29.3 Å². The second-order valence-electron chi connectivity index (χ2n) is 5.31. The Morgan fingerprint density at radius 2 is 2.11 bits per heavy atom. The minimum atomic E-state index is -0.460. The normalized spacial score (nSPS) is 26.8. The number of hydrogen-bond donors (Lipinski definition) is 1. The van der Waals surface area contributed by atoms with Gasteiger partial charge in [-0.2, -0.15) is 0 Å². The van der Waals surface area contributed by atoms with Gasteiger partial charge in [0.25, 0.3) is 0 Å². The van der Waals surface area contributed by atoms with E-state index >= 15 is 0 Å². The van der Waals surface area contributed by atoms with Crippen molar-refractivity contribution in [3.63, 3.8) is 0 Å². The molecule has 1 saturated carbocycles. The van der Waals surface area contributed by atoms with Crippen LogP contribution in [-0.2, 0) is 4.74 Å². The lowest BCUT2D eigenvalue weighted by Gasteiger charge is -2.34. The number of esters is 1. The number of carbonyl (C=O) groups excluding carboxylic acids is 1. The molecule has 5 nitrogen and oxygen atoms in total. The Morgan fingerprint density at radius 1 is 1.32 bits per heavy atom. The number of ether oxygens (including phenoxy) is 1. The van der Waals surface area contributed by atoms with E-state index in [0.29, 0.717) is 12.0 Å². The van der Waals surface area contributed by atoms with E-state index in [9.17, 15) is 4.79 Å². The molecule has 0 aliphatic heterocycles. The van der Waals surface area contributed by atoms with Crippen molar-refractivity contribution in [1.82, 2.24) is 10.2 Å². The predicted octanol–water partition coefficient (Wildman–Crippen LogP) is 2.50. The minimum Gasteiger partial charge on any atom is -0.464 e. The van der Waals surface area contributed by atoms with Crippen LogP contribution in [0.15, 0.2) is 12.1 Å². The summed E-state index contributed by atoms with van der Waals surface area (Å²) < 4.78 is 4.60. The molecule has 0 radical (unpaired) electrons. The first-order valence-electron chi connectivity index (χ1n) is 6.80. The summed E-state index contributed by atoms with van der Waals surface area (Å²) in [5, 5.41) is 11.3. The molecule has 1 aromatic heterocycles. The molecule has 0 spiro atoms. The van der Waals surface area contributed by atoms with Gasteiger partial charge in [0.05, 0.1) is 7.11 Å². The van der Waals surface area contributed by atoms with Crippen molar-refractivity contribution >= 4 is 11.8 Å². The standard InChI is InChI=1S/C14H21N3O2/c1-9-5-4-6-11(10(9)2)15-13-8-7-12(16-17-13)14(18)19-3/h7-11H,4-6H2,1-3H3,(H,15,17). The lowest BCUT2D eigenvalue weighted by atomic mass is 9.78. The summed E-state index contributed by atoms with van der Waals surface area (Å²) in [6.07, 6.45) is 3.70. The molecule has 0 saturated heterocycles. The Morgan fingerprint density at radius 3 is 2.74 bits per heavy atom. The van der Waals surface area contributed by atoms with Crippen LogP contribution in [0.5, 0.6) is 0 Å². The molecule has 0 aromatic carbocycles. The maximum absolute atomic E-state index is 11.3. The van der Waals surface area contributed by atoms with Gasteiger partial charge in [-0.3, -0.25) is 0 Å². The van der Waals surface area contributed by atoms with Gasteiger partial charge in [-0.05, 0) is 30.4 Å². The molecule has 19 heavy (non-hydrogen) atoms. The molecular formula is C14H21N3O2. The van der Waals surface area contributed by atoms with Gasteiger partial charge in [0, 0.05) is 6.04 Å². The SMILES string of the molecule is COC(=O)c1ccc(NC2CCCC(C)C2C)nn1. The van der Waals surface area contributed by atoms with Gasteiger partial charge in [0.1, 0.15) is 5.82 Å². The molecule has 0 bridgehead atoms. The van der Waals surface area contributed by atoms with Gasteiger partial charge < -0.3 is 10.1 Å². The van der Waals surface area contributed by atoms with E-state index in [1.807, 2.05) is 0 Å². The molecule has 1 N–H and O–H groups in total. The molecular weight excluding hydrogens is 242 g/mol. The summed E-state index contributed by atoms with van der Waals surface area (Å²) in [6.45, 7) is 4.57. The third-order valence-electron chi connectivity index (χ3n) is 4.10. The zero-order valence-corrected chi connectivity index (χ0v) is 11.7. The predicted molar refractivity (Wildman–Crippen MR) is 73.0 cm³/mol. The summed E-state index contributed by atoms with van der Waals surface area (Å²) in [4.78, 5) is 11.3. The van der Waals surface area contributed by atoms with Crippen molar-refractivity contribution in [3.8, 4) is 0 Å². The average Bonchev–Trinajstić information content (AvgIpc) is 2.44. The Hall–Kier alpha value is -1.65. The van der Waals surface area contributed by atoms with Crippen molar-refractivity contribution < 1.29 is 9.53 Å². The summed E-state index contributed by atoms with van der Waals surface area (Å²) in [7, 11) is 1.33. The second-order valence-corrected chi connectivity index (χ2v) is 5.31. The fraction of sp³-hybridized carbons (Fsp3) is 0.643. The first-order chi connectivity index (χ1) is 9.11. The lowest BCUT2D eigenvalue weighted by molar-refractivity contribution is 0.0593. The lowest BCUT2D eigenvalue weighted by Crippen LogP contribution is -2.35. The maximum atomic E-state index is 11.3. The van der Waals surface area contributed by atoms with Crippen molar-refractivity contribution in [1.29, 1.82) is 0 Å². The topological polar surface area (TPSA) is 64.1 Å². The number of aromatic nitrogens is 2. The number of hydrogen-bond acceptors (Lipinski definition) is 5. The molecule has 1 aliphatic rings. The molecule has 1 fully saturated rings. The molecule has 104 valence electrons. The van der Waals surface area contributed by atoms with Crippen LogP contribution in [0, 0.1) is 11.8 Å². The third-order valence-corrected chi connectivity index (χ3v) is 4.10. The van der Waals surface area contributed by atoms with Crippen LogP contribution in [0.3, 0.4) is 0 Å². The minimum absolute atomic E-state index is 0.234. The van der Waals surface area contributed by atoms with Crippen LogP contribution in [0.4, 0.5) is 5.82 Å². The van der Waals surface area contributed by atoms with E-state index in [4.69, 9.17) is 0 Å². The Labute approximate surface area is 113 Å². The number of nitrogens with one attached hydrogen (secondary N) is 1. The van der Waals surface area contributed by atoms with Gasteiger partial charge in [-0.1, -0.05) is 26.7 Å². The molecule has 1 aliphatic carbocycles. The number of methoxy groups -OCH3 is 1. The molecule has 2 rings (SSSR count). The zero-order chi connectivity index (χ0) is 13.8. The molecule has 3 atom stereocenters. The van der Waals surface area contributed by atoms with E-state index in [2.05, 4.69) is 34.1 Å². The van der Waals surface area contributed by atoms with E-state index < -0.39 is 5.97 Å². The summed E-state index contributed by atoms with van der Waals surface area (Å²) >= 11 is 0. The molecule has 1 aromatic rings. The highest BCUT2D eigenvalue weighted by Gasteiger charge is 2.27. The second kappa shape index (κ2) is 5.99. The largest absolute Gasteiger partial charge is 0.464 e. The van der Waals surface area contributed by atoms with Crippen molar-refractivity contribution in [3.05, 3.63) is 17.8 Å². The highest BCUT2D eigenvalue weighted by Crippen LogP contribution is 2.31. The van der Waals surface area contributed by atoms with Crippen molar-refractivity contribution in [2.75, 3.05) is 12.4 Å². The number of carbonyl (C=O) groups is 1. The van der Waals surface area contributed by atoms with Gasteiger partial charge in [0.2, 0.25) is 0 Å². The quantitative estimate of drug-likeness (QED) is 0.849. The number of anilines is 1. The summed E-state index contributed by atoms with van der Waals surface area (Å²) in [5.74, 6) is 1.61. The number of nitrogens with zero attached hydrogens (tertiary/aromatic N) is 2. The van der Waals surface area contributed by atoms with Gasteiger partial charge >= 0.3 is 5.97 Å². The van der Waals surface area contributed by atoms with Crippen LogP contribution in [0.1, 0.15) is 43.6 Å². The summed E-state index contributed by atoms with van der Waals surface area (Å²) in [5.41, 5.74) is 0.234. The average molecular weight is 263 g/mol. The fourth-order valence-corrected chi connectivity index (χ4v) is 2.60. The Bertz CT molecular complexity index is 433. The van der Waals surface area contributed by atoms with Gasteiger partial charge in [-0.15, -0.1) is 10.2 Å². The first kappa shape index (κ1) is 13.8. The number of rotatable bonds is 3. The molecule has 1 heterocycles. The molecule has 0 amide bonds. The Balaban J connectivity index is 2.01. The maximum Gasteiger partial charge on any atom is 0.358 e. The van der Waals surface area contributed by atoms with Crippen molar-refractivity contribution in [2.24, 2.45) is 11.8 Å². The van der Waals surface area contributed by atoms with E-state index in [1.165, 1.54) is 20.0 Å². The van der Waals surface area contributed by atoms with Crippen molar-refractivity contribution in [2.45, 2.75) is 39.2 Å². The monoisotopic (exact) mass is 263 g/mol. The van der Waals surface area contributed by atoms with Crippen LogP contribution < -0.4 is 5.32 Å². The van der Waals surface area contributed by atoms with Crippen LogP contribution in [0.2, 0.25) is 0 Å². The summed E-state index contributed by atoms with van der Waals surface area (Å²) in [6, 6.07) is 3.85. The Kier molecular flexibility index (Phi) is 4.35. The smallest absolute Gasteiger partial charge is 0.358 e. The van der Waals surface area contributed by atoms with Gasteiger partial charge in [0.15, 0.2) is 5.69 Å². The van der Waals surface area contributed by atoms with E-state index in [0.717, 1.165) is 18.2 Å². The van der Waals surface area contributed by atoms with Crippen LogP contribution in [0.25, 0.3) is 0 Å². The highest BCUT2D eigenvalue weighted by molar-refractivity contribution is 5.86. The van der Waals surface area contributed by atoms with Crippen LogP contribution >= 0.6 is 0 Å². The van der Waals surface area contributed by atoms with Gasteiger partial charge in [-0.25, -0.2) is 4.79 Å². The first-order valence-corrected chi connectivity index (χ1v) is 6.80. The molecule has 5 heteroatoms. The van der Waals surface area contributed by atoms with E-state index in [-0.39, 0.29) is 5.69 Å². The molecule has 3 unspecified atom stereocenters. The third kappa shape index (κ3) is 3.22. The highest BCUT2D eigenvalue weighted by atomic mass is 16.5. The fourth-order valence-electron chi connectivity index (χ4n) is 2.60. The van der Waals surface area contributed by atoms with E-state index in [1.54, 1.807) is 12.1 Å².